The summed E-state index contributed by atoms with van der Waals surface area (Å²) in [7, 11) is -0.434. The number of sulfone groups is 1. The van der Waals surface area contributed by atoms with Gasteiger partial charge in [-0.15, -0.1) is 0 Å². The third-order valence-corrected chi connectivity index (χ3v) is 7.92. The van der Waals surface area contributed by atoms with Gasteiger partial charge in [-0.1, -0.05) is 18.5 Å². The van der Waals surface area contributed by atoms with E-state index in [-0.39, 0.29) is 44.6 Å². The van der Waals surface area contributed by atoms with Crippen LogP contribution in [0.4, 0.5) is 0 Å². The molecular weight excluding hydrogens is 544 g/mol. The normalized spacial score (nSPS) is 11.7. The van der Waals surface area contributed by atoms with Gasteiger partial charge < -0.3 is 4.74 Å². The van der Waals surface area contributed by atoms with Crippen molar-refractivity contribution in [2.45, 2.75) is 45.6 Å². The Bertz CT molecular complexity index is 1730. The lowest BCUT2D eigenvalue weighted by Crippen LogP contribution is -2.16. The van der Waals surface area contributed by atoms with Crippen LogP contribution in [0.1, 0.15) is 61.5 Å². The van der Waals surface area contributed by atoms with Crippen LogP contribution in [0, 0.1) is 20.8 Å². The van der Waals surface area contributed by atoms with Gasteiger partial charge in [-0.25, -0.2) is 17.9 Å². The Labute approximate surface area is 231 Å². The Morgan fingerprint density at radius 1 is 1.05 bits per heavy atom. The Morgan fingerprint density at radius 2 is 1.74 bits per heavy atom. The van der Waals surface area contributed by atoms with Crippen molar-refractivity contribution in [3.63, 3.8) is 0 Å². The van der Waals surface area contributed by atoms with E-state index in [0.29, 0.717) is 17.8 Å². The largest absolute Gasteiger partial charge is 0.403 e. The van der Waals surface area contributed by atoms with Crippen molar-refractivity contribution in [2.75, 3.05) is 6.26 Å². The molecule has 0 atom stereocenters. The average Bonchev–Trinajstić information content (AvgIpc) is 3.46. The van der Waals surface area contributed by atoms with Gasteiger partial charge in [0.1, 0.15) is 11.1 Å². The number of rotatable bonds is 8. The number of aromatic nitrogens is 6. The minimum absolute atomic E-state index is 0.00258. The molecule has 4 aromatic rings. The maximum atomic E-state index is 14.0. The molecule has 206 valence electrons. The molecule has 11 nitrogen and oxygen atoms in total. The van der Waals surface area contributed by atoms with Crippen molar-refractivity contribution >= 4 is 33.2 Å². The average molecular weight is 573 g/mol. The lowest BCUT2D eigenvalue weighted by Gasteiger charge is -2.15. The molecule has 0 N–H and O–H groups in total. The Morgan fingerprint density at radius 3 is 2.28 bits per heavy atom. The maximum Gasteiger partial charge on any atom is 0.348 e. The number of nitrogens with zero attached hydrogens (tertiary/aromatic N) is 6. The summed E-state index contributed by atoms with van der Waals surface area (Å²) in [6.07, 6.45) is 2.98. The van der Waals surface area contributed by atoms with Crippen molar-refractivity contribution in [2.24, 2.45) is 14.1 Å². The van der Waals surface area contributed by atoms with Crippen LogP contribution in [-0.4, -0.2) is 55.8 Å². The monoisotopic (exact) mass is 572 g/mol. The second-order valence-electron chi connectivity index (χ2n) is 9.39. The van der Waals surface area contributed by atoms with E-state index in [1.807, 2.05) is 26.8 Å². The molecule has 3 aromatic heterocycles. The Balaban J connectivity index is 1.84. The van der Waals surface area contributed by atoms with Crippen molar-refractivity contribution < 1.29 is 22.7 Å². The number of halogens is 1. The number of ketones is 1. The summed E-state index contributed by atoms with van der Waals surface area (Å²) in [5.74, 6) is -1.29. The van der Waals surface area contributed by atoms with Crippen LogP contribution in [0.15, 0.2) is 29.3 Å². The molecule has 0 unspecified atom stereocenters. The summed E-state index contributed by atoms with van der Waals surface area (Å²) < 4.78 is 35.4. The third-order valence-electron chi connectivity index (χ3n) is 6.31. The first-order chi connectivity index (χ1) is 18.2. The van der Waals surface area contributed by atoms with Gasteiger partial charge in [0.25, 0.3) is 0 Å². The highest BCUT2D eigenvalue weighted by Gasteiger charge is 2.30. The molecule has 4 rings (SSSR count). The van der Waals surface area contributed by atoms with E-state index in [9.17, 15) is 18.0 Å². The molecule has 1 aromatic carbocycles. The molecule has 0 amide bonds. The summed E-state index contributed by atoms with van der Waals surface area (Å²) >= 11 is 6.78. The predicted octanol–water partition coefficient (Wildman–Crippen LogP) is 3.39. The zero-order valence-corrected chi connectivity index (χ0v) is 24.3. The molecule has 0 bridgehead atoms. The summed E-state index contributed by atoms with van der Waals surface area (Å²) in [6.45, 7) is 7.21. The van der Waals surface area contributed by atoms with Gasteiger partial charge >= 0.3 is 5.97 Å². The number of carbonyl (C=O) groups is 2. The van der Waals surface area contributed by atoms with Crippen molar-refractivity contribution in [1.29, 1.82) is 0 Å². The number of hydrogen-bond donors (Lipinski definition) is 0. The Hall–Kier alpha value is -3.77. The smallest absolute Gasteiger partial charge is 0.348 e. The number of hydrogen-bond acceptors (Lipinski definition) is 8. The third kappa shape index (κ3) is 5.39. The van der Waals surface area contributed by atoms with Crippen LogP contribution in [-0.2, 0) is 36.9 Å². The van der Waals surface area contributed by atoms with Crippen LogP contribution in [0.3, 0.4) is 0 Å². The van der Waals surface area contributed by atoms with E-state index in [4.69, 9.17) is 16.3 Å². The zero-order chi connectivity index (χ0) is 28.8. The summed E-state index contributed by atoms with van der Waals surface area (Å²) in [4.78, 5) is 27.0. The standard InChI is InChI=1S/C26H29ClN6O5S/c1-8-20-22(25(32(6)30-20)38-26(35)18-12-31(5)29-16(18)4)24(34)17-9-10-21(39(7,36)37)19(23(17)27)13-33-15(3)11-14(2)28-33/h9-12H,8,13H2,1-7H3. The van der Waals surface area contributed by atoms with Gasteiger partial charge in [0.15, 0.2) is 9.84 Å². The quantitative estimate of drug-likeness (QED) is 0.232. The number of benzene rings is 1. The molecule has 0 saturated carbocycles. The van der Waals surface area contributed by atoms with Crippen LogP contribution in [0.5, 0.6) is 5.88 Å². The molecule has 0 fully saturated rings. The first-order valence-corrected chi connectivity index (χ1v) is 14.3. The maximum absolute atomic E-state index is 14.0. The zero-order valence-electron chi connectivity index (χ0n) is 22.7. The highest BCUT2D eigenvalue weighted by atomic mass is 35.5. The fourth-order valence-corrected chi connectivity index (χ4v) is 5.79. The molecule has 0 aliphatic rings. The first kappa shape index (κ1) is 28.2. The minimum Gasteiger partial charge on any atom is -0.403 e. The SMILES string of the molecule is CCc1nn(C)c(OC(=O)c2cn(C)nc2C)c1C(=O)c1ccc(S(C)(=O)=O)c(Cn2nc(C)cc2C)c1Cl. The second kappa shape index (κ2) is 10.4. The molecule has 39 heavy (non-hydrogen) atoms. The molecule has 13 heteroatoms. The highest BCUT2D eigenvalue weighted by molar-refractivity contribution is 7.90. The van der Waals surface area contributed by atoms with Gasteiger partial charge in [-0.3, -0.25) is 14.2 Å². The Kier molecular flexibility index (Phi) is 7.55. The highest BCUT2D eigenvalue weighted by Crippen LogP contribution is 2.34. The van der Waals surface area contributed by atoms with Crippen LogP contribution >= 0.6 is 11.6 Å². The molecule has 0 saturated heterocycles. The van der Waals surface area contributed by atoms with E-state index < -0.39 is 21.6 Å². The van der Waals surface area contributed by atoms with Crippen LogP contribution in [0.25, 0.3) is 0 Å². The fraction of sp³-hybridized carbons (Fsp3) is 0.346. The fourth-order valence-electron chi connectivity index (χ4n) is 4.49. The minimum atomic E-state index is -3.69. The van der Waals surface area contributed by atoms with E-state index in [0.717, 1.165) is 17.6 Å². The van der Waals surface area contributed by atoms with E-state index >= 15 is 0 Å². The summed E-state index contributed by atoms with van der Waals surface area (Å²) in [5.41, 5.74) is 3.05. The van der Waals surface area contributed by atoms with Gasteiger partial charge in [0.2, 0.25) is 11.7 Å². The van der Waals surface area contributed by atoms with Crippen molar-refractivity contribution in [3.8, 4) is 5.88 Å². The van der Waals surface area contributed by atoms with Crippen LogP contribution < -0.4 is 4.74 Å². The van der Waals surface area contributed by atoms with Crippen molar-refractivity contribution in [3.05, 3.63) is 74.4 Å². The van der Waals surface area contributed by atoms with E-state index in [2.05, 4.69) is 15.3 Å². The summed E-state index contributed by atoms with van der Waals surface area (Å²) in [5, 5.41) is 12.9. The predicted molar refractivity (Wildman–Crippen MR) is 144 cm³/mol. The second-order valence-corrected chi connectivity index (χ2v) is 11.7. The molecule has 0 spiro atoms. The number of aryl methyl sites for hydroxylation is 6. The van der Waals surface area contributed by atoms with Gasteiger partial charge in [-0.2, -0.15) is 15.3 Å². The molecule has 0 aliphatic carbocycles. The van der Waals surface area contributed by atoms with Crippen molar-refractivity contribution in [1.82, 2.24) is 29.3 Å². The molecule has 3 heterocycles. The number of carbonyl (C=O) groups excluding carboxylic acids is 2. The van der Waals surface area contributed by atoms with E-state index in [1.165, 1.54) is 27.7 Å². The number of esters is 1. The molecule has 0 aliphatic heterocycles. The number of ether oxygens (including phenoxy) is 1. The van der Waals surface area contributed by atoms with Gasteiger partial charge in [-0.05, 0) is 45.4 Å². The lowest BCUT2D eigenvalue weighted by atomic mass is 10.00. The molecular formula is C26H29ClN6O5S. The van der Waals surface area contributed by atoms with E-state index in [1.54, 1.807) is 25.7 Å². The lowest BCUT2D eigenvalue weighted by molar-refractivity contribution is 0.0717. The summed E-state index contributed by atoms with van der Waals surface area (Å²) in [6, 6.07) is 4.59. The van der Waals surface area contributed by atoms with Gasteiger partial charge in [0, 0.05) is 43.4 Å². The van der Waals surface area contributed by atoms with Gasteiger partial charge in [0.05, 0.1) is 33.5 Å². The van der Waals surface area contributed by atoms with Crippen LogP contribution in [0.2, 0.25) is 5.02 Å². The molecule has 0 radical (unpaired) electrons. The topological polar surface area (TPSA) is 131 Å². The first-order valence-electron chi connectivity index (χ1n) is 12.1.